The van der Waals surface area contributed by atoms with E-state index in [2.05, 4.69) is 10.3 Å². The molecule has 2 rings (SSSR count). The van der Waals surface area contributed by atoms with Crippen LogP contribution in [0.25, 0.3) is 0 Å². The van der Waals surface area contributed by atoms with Crippen LogP contribution in [0.5, 0.6) is 0 Å². The minimum atomic E-state index is -3.67. The molecular weight excluding hydrogens is 250 g/mol. The average molecular weight is 265 g/mol. The summed E-state index contributed by atoms with van der Waals surface area (Å²) in [6, 6.07) is 7.06. The number of hydrogen-bond donors (Lipinski definition) is 3. The fraction of sp³-hybridized carbons (Fsp3) is 0.167. The lowest BCUT2D eigenvalue weighted by atomic mass is 10.2. The van der Waals surface area contributed by atoms with Gasteiger partial charge < -0.3 is 10.3 Å². The van der Waals surface area contributed by atoms with Gasteiger partial charge in [0.1, 0.15) is 0 Å². The zero-order chi connectivity index (χ0) is 13.2. The molecule has 0 amide bonds. The third-order valence-corrected chi connectivity index (χ3v) is 3.71. The van der Waals surface area contributed by atoms with Crippen molar-refractivity contribution in [3.63, 3.8) is 0 Å². The molecule has 1 aromatic carbocycles. The number of nitrogens with one attached hydrogen (secondary N) is 2. The normalized spacial score (nSPS) is 11.4. The highest BCUT2D eigenvalue weighted by Gasteiger charge is 2.11. The van der Waals surface area contributed by atoms with Crippen molar-refractivity contribution in [3.8, 4) is 0 Å². The zero-order valence-corrected chi connectivity index (χ0v) is 10.8. The van der Waals surface area contributed by atoms with Crippen LogP contribution in [0.15, 0.2) is 41.6 Å². The predicted octanol–water partition coefficient (Wildman–Crippen LogP) is 1.58. The number of sulfonamides is 1. The van der Waals surface area contributed by atoms with Gasteiger partial charge in [0.05, 0.1) is 4.90 Å². The van der Waals surface area contributed by atoms with Gasteiger partial charge in [-0.2, -0.15) is 0 Å². The molecule has 2 aromatic rings. The average Bonchev–Trinajstić information content (AvgIpc) is 2.79. The largest absolute Gasteiger partial charge is 0.381 e. The molecule has 0 aliphatic heterocycles. The first-order chi connectivity index (χ1) is 8.47. The van der Waals surface area contributed by atoms with Crippen molar-refractivity contribution in [2.24, 2.45) is 5.14 Å². The number of anilines is 1. The maximum atomic E-state index is 11.4. The molecule has 6 heteroatoms. The van der Waals surface area contributed by atoms with Crippen molar-refractivity contribution in [2.75, 3.05) is 5.32 Å². The van der Waals surface area contributed by atoms with E-state index >= 15 is 0 Å². The molecule has 0 aliphatic rings. The maximum absolute atomic E-state index is 11.4. The van der Waals surface area contributed by atoms with Crippen molar-refractivity contribution in [1.82, 2.24) is 4.98 Å². The number of rotatable bonds is 4. The Labute approximate surface area is 106 Å². The highest BCUT2D eigenvalue weighted by atomic mass is 32.2. The molecule has 0 saturated carbocycles. The summed E-state index contributed by atoms with van der Waals surface area (Å²) in [5.41, 5.74) is 2.46. The molecule has 0 bridgehead atoms. The summed E-state index contributed by atoms with van der Waals surface area (Å²) in [6.45, 7) is 2.34. The number of nitrogens with two attached hydrogens (primary N) is 1. The fourth-order valence-corrected chi connectivity index (χ4v) is 2.50. The summed E-state index contributed by atoms with van der Waals surface area (Å²) in [5, 5.41) is 8.30. The topological polar surface area (TPSA) is 88.0 Å². The standard InChI is InChI=1S/C12H15N3O2S/c1-9-2-3-11(6-12(9)18(13,16)17)15-8-10-4-5-14-7-10/h2-7,14-15H,8H2,1H3,(H2,13,16,17). The minimum Gasteiger partial charge on any atom is -0.381 e. The van der Waals surface area contributed by atoms with Gasteiger partial charge in [-0.05, 0) is 36.2 Å². The van der Waals surface area contributed by atoms with Crippen LogP contribution in [0.4, 0.5) is 5.69 Å². The monoisotopic (exact) mass is 265 g/mol. The van der Waals surface area contributed by atoms with Gasteiger partial charge in [-0.3, -0.25) is 0 Å². The molecule has 0 aliphatic carbocycles. The van der Waals surface area contributed by atoms with Crippen molar-refractivity contribution < 1.29 is 8.42 Å². The van der Waals surface area contributed by atoms with Gasteiger partial charge in [0.2, 0.25) is 10.0 Å². The van der Waals surface area contributed by atoms with E-state index in [9.17, 15) is 8.42 Å². The van der Waals surface area contributed by atoms with Crippen LogP contribution in [0, 0.1) is 6.92 Å². The molecule has 4 N–H and O–H groups in total. The third-order valence-electron chi connectivity index (χ3n) is 2.65. The van der Waals surface area contributed by atoms with E-state index in [1.807, 2.05) is 24.5 Å². The lowest BCUT2D eigenvalue weighted by Crippen LogP contribution is -2.14. The van der Waals surface area contributed by atoms with Crippen LogP contribution in [-0.2, 0) is 16.6 Å². The van der Waals surface area contributed by atoms with Crippen LogP contribution in [0.2, 0.25) is 0 Å². The van der Waals surface area contributed by atoms with E-state index in [0.29, 0.717) is 12.1 Å². The maximum Gasteiger partial charge on any atom is 0.238 e. The Morgan fingerprint density at radius 1 is 1.33 bits per heavy atom. The summed E-state index contributed by atoms with van der Waals surface area (Å²) in [6.07, 6.45) is 3.71. The second-order valence-electron chi connectivity index (χ2n) is 4.10. The molecule has 0 unspecified atom stereocenters. The van der Waals surface area contributed by atoms with E-state index < -0.39 is 10.0 Å². The number of aromatic nitrogens is 1. The molecule has 0 atom stereocenters. The minimum absolute atomic E-state index is 0.154. The molecule has 1 heterocycles. The van der Waals surface area contributed by atoms with E-state index in [1.54, 1.807) is 19.1 Å². The van der Waals surface area contributed by atoms with E-state index in [4.69, 9.17) is 5.14 Å². The van der Waals surface area contributed by atoms with Crippen molar-refractivity contribution in [1.29, 1.82) is 0 Å². The van der Waals surface area contributed by atoms with Gasteiger partial charge in [0, 0.05) is 24.6 Å². The Morgan fingerprint density at radius 3 is 2.72 bits per heavy atom. The smallest absolute Gasteiger partial charge is 0.238 e. The zero-order valence-electron chi connectivity index (χ0n) is 9.97. The number of primary sulfonamides is 1. The van der Waals surface area contributed by atoms with Gasteiger partial charge >= 0.3 is 0 Å². The highest BCUT2D eigenvalue weighted by molar-refractivity contribution is 7.89. The number of aryl methyl sites for hydroxylation is 1. The van der Waals surface area contributed by atoms with Crippen LogP contribution in [0.1, 0.15) is 11.1 Å². The van der Waals surface area contributed by atoms with E-state index in [0.717, 1.165) is 11.3 Å². The Morgan fingerprint density at radius 2 is 2.11 bits per heavy atom. The molecule has 18 heavy (non-hydrogen) atoms. The number of aromatic amines is 1. The summed E-state index contributed by atoms with van der Waals surface area (Å²) >= 11 is 0. The molecule has 5 nitrogen and oxygen atoms in total. The van der Waals surface area contributed by atoms with Gasteiger partial charge in [0.15, 0.2) is 0 Å². The Bertz CT molecular complexity index is 633. The van der Waals surface area contributed by atoms with Gasteiger partial charge in [-0.15, -0.1) is 0 Å². The highest BCUT2D eigenvalue weighted by Crippen LogP contribution is 2.19. The first kappa shape index (κ1) is 12.7. The first-order valence-corrected chi connectivity index (χ1v) is 7.00. The second-order valence-corrected chi connectivity index (χ2v) is 5.63. The predicted molar refractivity (Wildman–Crippen MR) is 70.7 cm³/mol. The number of hydrogen-bond acceptors (Lipinski definition) is 3. The van der Waals surface area contributed by atoms with Crippen molar-refractivity contribution in [2.45, 2.75) is 18.4 Å². The van der Waals surface area contributed by atoms with Crippen LogP contribution in [0.3, 0.4) is 0 Å². The van der Waals surface area contributed by atoms with E-state index in [1.165, 1.54) is 0 Å². The molecular formula is C12H15N3O2S. The quantitative estimate of drug-likeness (QED) is 0.784. The fourth-order valence-electron chi connectivity index (χ4n) is 1.69. The van der Waals surface area contributed by atoms with Gasteiger partial charge in [0.25, 0.3) is 0 Å². The Kier molecular flexibility index (Phi) is 3.40. The van der Waals surface area contributed by atoms with Gasteiger partial charge in [-0.25, -0.2) is 13.6 Å². The Hall–Kier alpha value is -1.79. The molecule has 1 aromatic heterocycles. The number of H-pyrrole nitrogens is 1. The lowest BCUT2D eigenvalue weighted by Gasteiger charge is -2.09. The molecule has 0 spiro atoms. The molecule has 96 valence electrons. The summed E-state index contributed by atoms with van der Waals surface area (Å²) in [5.74, 6) is 0. The number of benzene rings is 1. The molecule has 0 fully saturated rings. The van der Waals surface area contributed by atoms with Crippen LogP contribution < -0.4 is 10.5 Å². The van der Waals surface area contributed by atoms with Gasteiger partial charge in [-0.1, -0.05) is 6.07 Å². The molecule has 0 radical (unpaired) electrons. The first-order valence-electron chi connectivity index (χ1n) is 5.46. The second kappa shape index (κ2) is 4.83. The Balaban J connectivity index is 2.20. The van der Waals surface area contributed by atoms with E-state index in [-0.39, 0.29) is 4.90 Å². The van der Waals surface area contributed by atoms with Crippen LogP contribution >= 0.6 is 0 Å². The summed E-state index contributed by atoms with van der Waals surface area (Å²) < 4.78 is 22.8. The SMILES string of the molecule is Cc1ccc(NCc2cc[nH]c2)cc1S(N)(=O)=O. The van der Waals surface area contributed by atoms with Crippen molar-refractivity contribution >= 4 is 15.7 Å². The third kappa shape index (κ3) is 2.91. The van der Waals surface area contributed by atoms with Crippen molar-refractivity contribution in [3.05, 3.63) is 47.8 Å². The summed E-state index contributed by atoms with van der Waals surface area (Å²) in [7, 11) is -3.67. The molecule has 0 saturated heterocycles. The lowest BCUT2D eigenvalue weighted by molar-refractivity contribution is 0.597. The summed E-state index contributed by atoms with van der Waals surface area (Å²) in [4.78, 5) is 3.11. The van der Waals surface area contributed by atoms with Crippen LogP contribution in [-0.4, -0.2) is 13.4 Å².